The van der Waals surface area contributed by atoms with Crippen molar-refractivity contribution in [3.63, 3.8) is 0 Å². The number of hydrogen-bond acceptors (Lipinski definition) is 4. The van der Waals surface area contributed by atoms with Crippen LogP contribution in [-0.2, 0) is 5.41 Å². The molecule has 0 bridgehead atoms. The Kier molecular flexibility index (Phi) is 9.59. The molecule has 0 saturated heterocycles. The normalized spacial score (nSPS) is 12.5. The molecule has 13 rings (SSSR count). The molecule has 0 amide bonds. The summed E-state index contributed by atoms with van der Waals surface area (Å²) in [5, 5.41) is 2.61. The number of aromatic nitrogens is 3. The Bertz CT molecular complexity index is 3800. The maximum atomic E-state index is 5.37. The topological polar surface area (TPSA) is 38.7 Å². The van der Waals surface area contributed by atoms with Gasteiger partial charge in [-0.15, -0.1) is 11.3 Å². The highest BCUT2D eigenvalue weighted by atomic mass is 32.1. The lowest BCUT2D eigenvalue weighted by Gasteiger charge is -2.34. The van der Waals surface area contributed by atoms with Gasteiger partial charge in [0, 0.05) is 36.9 Å². The molecule has 12 aromatic rings. The molecule has 0 aliphatic heterocycles. The van der Waals surface area contributed by atoms with Crippen LogP contribution in [-0.4, -0.2) is 15.0 Å². The van der Waals surface area contributed by atoms with Gasteiger partial charge in [-0.25, -0.2) is 15.0 Å². The second-order valence-corrected chi connectivity index (χ2v) is 18.5. The summed E-state index contributed by atoms with van der Waals surface area (Å²) < 4.78 is 2.62. The molecule has 3 nitrogen and oxygen atoms in total. The van der Waals surface area contributed by atoms with Gasteiger partial charge < -0.3 is 0 Å². The van der Waals surface area contributed by atoms with Gasteiger partial charge in [-0.2, -0.15) is 0 Å². The fourth-order valence-electron chi connectivity index (χ4n) is 10.5. The van der Waals surface area contributed by atoms with Crippen molar-refractivity contribution in [1.82, 2.24) is 15.0 Å². The Labute approximate surface area is 399 Å². The number of hydrogen-bond donors (Lipinski definition) is 0. The first-order valence-corrected chi connectivity index (χ1v) is 23.9. The summed E-state index contributed by atoms with van der Waals surface area (Å²) in [5.74, 6) is 1.86. The van der Waals surface area contributed by atoms with Crippen LogP contribution in [0.2, 0.25) is 0 Å². The third kappa shape index (κ3) is 6.52. The zero-order valence-electron chi connectivity index (χ0n) is 36.9. The predicted octanol–water partition coefficient (Wildman–Crippen LogP) is 16.6. The van der Waals surface area contributed by atoms with Gasteiger partial charge in [-0.1, -0.05) is 231 Å². The van der Waals surface area contributed by atoms with Crippen LogP contribution in [0.1, 0.15) is 22.3 Å². The van der Waals surface area contributed by atoms with Gasteiger partial charge in [-0.3, -0.25) is 0 Å². The van der Waals surface area contributed by atoms with Gasteiger partial charge in [0.05, 0.1) is 5.41 Å². The molecule has 4 heteroatoms. The molecule has 0 unspecified atom stereocenters. The zero-order chi connectivity index (χ0) is 45.0. The molecule has 0 fully saturated rings. The zero-order valence-corrected chi connectivity index (χ0v) is 37.7. The smallest absolute Gasteiger partial charge is 0.164 e. The van der Waals surface area contributed by atoms with Gasteiger partial charge in [0.15, 0.2) is 17.5 Å². The Morgan fingerprint density at radius 3 is 1.56 bits per heavy atom. The summed E-state index contributed by atoms with van der Waals surface area (Å²) in [4.78, 5) is 16.0. The number of fused-ring (bicyclic) bond motifs is 6. The molecule has 68 heavy (non-hydrogen) atoms. The molecule has 318 valence electrons. The molecule has 2 aromatic heterocycles. The first-order valence-electron chi connectivity index (χ1n) is 23.1. The van der Waals surface area contributed by atoms with Crippen molar-refractivity contribution < 1.29 is 0 Å². The molecule has 1 aliphatic carbocycles. The summed E-state index contributed by atoms with van der Waals surface area (Å²) in [6.45, 7) is 0. The standard InChI is InChI=1S/C64H41N3S/c1-4-18-43(19-5-1)50-26-10-11-29-56(50)63-66-61(44-36-34-42(35-37-44)45-20-16-21-46(40-45)51-30-17-31-55-54-28-13-15-33-59(54)68-60(51)55)65-62(67-63)47-38-39-53-52-27-12-14-32-57(52)64(58(53)41-47,48-22-6-2-7-23-48)49-24-8-3-9-25-49/h1-41H. The van der Waals surface area contributed by atoms with Crippen LogP contribution >= 0.6 is 11.3 Å². The molecule has 0 atom stereocenters. The second-order valence-electron chi connectivity index (χ2n) is 17.4. The highest BCUT2D eigenvalue weighted by Gasteiger charge is 2.46. The minimum Gasteiger partial charge on any atom is -0.208 e. The van der Waals surface area contributed by atoms with Gasteiger partial charge in [-0.05, 0) is 85.0 Å². The largest absolute Gasteiger partial charge is 0.208 e. The van der Waals surface area contributed by atoms with E-state index in [9.17, 15) is 0 Å². The fourth-order valence-corrected chi connectivity index (χ4v) is 11.8. The Hall–Kier alpha value is -8.57. The number of nitrogens with zero attached hydrogens (tertiary/aromatic N) is 3. The molecule has 0 radical (unpaired) electrons. The maximum Gasteiger partial charge on any atom is 0.164 e. The van der Waals surface area contributed by atoms with E-state index in [1.54, 1.807) is 0 Å². The summed E-state index contributed by atoms with van der Waals surface area (Å²) >= 11 is 1.86. The van der Waals surface area contributed by atoms with Gasteiger partial charge in [0.1, 0.15) is 0 Å². The van der Waals surface area contributed by atoms with Crippen molar-refractivity contribution in [1.29, 1.82) is 0 Å². The average molecular weight is 884 g/mol. The summed E-state index contributed by atoms with van der Waals surface area (Å²) in [6.07, 6.45) is 0. The number of rotatable bonds is 8. The molecule has 0 spiro atoms. The van der Waals surface area contributed by atoms with E-state index in [-0.39, 0.29) is 0 Å². The first kappa shape index (κ1) is 39.8. The van der Waals surface area contributed by atoms with Crippen molar-refractivity contribution in [2.75, 3.05) is 0 Å². The quantitative estimate of drug-likeness (QED) is 0.153. The van der Waals surface area contributed by atoms with Crippen molar-refractivity contribution >= 4 is 31.5 Å². The third-order valence-corrected chi connectivity index (χ3v) is 14.9. The summed E-state index contributed by atoms with van der Waals surface area (Å²) in [7, 11) is 0. The average Bonchev–Trinajstić information content (AvgIpc) is 3.95. The highest BCUT2D eigenvalue weighted by Crippen LogP contribution is 2.56. The molecule has 10 aromatic carbocycles. The first-order chi connectivity index (χ1) is 33.7. The Morgan fingerprint density at radius 1 is 0.279 bits per heavy atom. The van der Waals surface area contributed by atoms with Crippen molar-refractivity contribution in [3.05, 3.63) is 271 Å². The number of benzene rings is 10. The minimum atomic E-state index is -0.555. The van der Waals surface area contributed by atoms with Crippen LogP contribution in [0.15, 0.2) is 249 Å². The number of thiophene rings is 1. The molecular weight excluding hydrogens is 843 g/mol. The third-order valence-electron chi connectivity index (χ3n) is 13.7. The van der Waals surface area contributed by atoms with Crippen LogP contribution in [0.4, 0.5) is 0 Å². The Balaban J connectivity index is 0.956. The van der Waals surface area contributed by atoms with Crippen molar-refractivity contribution in [2.45, 2.75) is 5.41 Å². The van der Waals surface area contributed by atoms with E-state index >= 15 is 0 Å². The monoisotopic (exact) mass is 883 g/mol. The van der Waals surface area contributed by atoms with E-state index < -0.39 is 5.41 Å². The SMILES string of the molecule is c1ccc(-c2ccccc2-c2nc(-c3ccc(-c4cccc(-c5cccc6c5sc5ccccc56)c4)cc3)nc(-c3ccc4c(c3)C(c3ccccc3)(c3ccccc3)c3ccccc3-4)n2)cc1. The summed E-state index contributed by atoms with van der Waals surface area (Å²) in [5.41, 5.74) is 16.5. The lowest BCUT2D eigenvalue weighted by molar-refractivity contribution is 0.768. The second kappa shape index (κ2) is 16.4. The fraction of sp³-hybridized carbons (Fsp3) is 0.0156. The van der Waals surface area contributed by atoms with E-state index in [2.05, 4.69) is 243 Å². The lowest BCUT2D eigenvalue weighted by atomic mass is 9.67. The van der Waals surface area contributed by atoms with E-state index in [1.165, 1.54) is 64.7 Å². The molecule has 2 heterocycles. The van der Waals surface area contributed by atoms with Crippen molar-refractivity contribution in [3.8, 4) is 78.7 Å². The van der Waals surface area contributed by atoms with Crippen LogP contribution < -0.4 is 0 Å². The van der Waals surface area contributed by atoms with E-state index in [0.29, 0.717) is 17.5 Å². The van der Waals surface area contributed by atoms with Crippen LogP contribution in [0.25, 0.3) is 98.8 Å². The van der Waals surface area contributed by atoms with E-state index in [0.717, 1.165) is 38.9 Å². The lowest BCUT2D eigenvalue weighted by Crippen LogP contribution is -2.28. The predicted molar refractivity (Wildman–Crippen MR) is 283 cm³/mol. The van der Waals surface area contributed by atoms with Crippen LogP contribution in [0.5, 0.6) is 0 Å². The van der Waals surface area contributed by atoms with Gasteiger partial charge in [0.25, 0.3) is 0 Å². The van der Waals surface area contributed by atoms with Crippen LogP contribution in [0.3, 0.4) is 0 Å². The Morgan fingerprint density at radius 2 is 0.794 bits per heavy atom. The molecular formula is C64H41N3S. The maximum absolute atomic E-state index is 5.37. The molecule has 1 aliphatic rings. The molecule has 0 N–H and O–H groups in total. The highest BCUT2D eigenvalue weighted by molar-refractivity contribution is 7.26. The van der Waals surface area contributed by atoms with Gasteiger partial charge >= 0.3 is 0 Å². The minimum absolute atomic E-state index is 0.555. The van der Waals surface area contributed by atoms with E-state index in [1.807, 2.05) is 17.4 Å². The van der Waals surface area contributed by atoms with E-state index in [4.69, 9.17) is 15.0 Å². The van der Waals surface area contributed by atoms with Crippen molar-refractivity contribution in [2.24, 2.45) is 0 Å². The van der Waals surface area contributed by atoms with Crippen LogP contribution in [0, 0.1) is 0 Å². The molecule has 0 saturated carbocycles. The summed E-state index contributed by atoms with van der Waals surface area (Å²) in [6, 6.07) is 89.3. The van der Waals surface area contributed by atoms with Gasteiger partial charge in [0.2, 0.25) is 0 Å².